The first-order valence-corrected chi connectivity index (χ1v) is 8.10. The van der Waals surface area contributed by atoms with Crippen LogP contribution >= 0.6 is 0 Å². The molecule has 2 aliphatic heterocycles. The lowest BCUT2D eigenvalue weighted by Crippen LogP contribution is -2.12. The van der Waals surface area contributed by atoms with Crippen molar-refractivity contribution >= 4 is 11.4 Å². The summed E-state index contributed by atoms with van der Waals surface area (Å²) in [5, 5.41) is 6.97. The normalized spacial score (nSPS) is 16.4. The topological polar surface area (TPSA) is 24.1 Å². The summed E-state index contributed by atoms with van der Waals surface area (Å²) in [4.78, 5) is 0. The summed E-state index contributed by atoms with van der Waals surface area (Å²) in [6.07, 6.45) is 5.97. The van der Waals surface area contributed by atoms with Crippen LogP contribution in [0.1, 0.15) is 35.1 Å². The lowest BCUT2D eigenvalue weighted by molar-refractivity contribution is 0.825. The molecule has 0 aromatic heterocycles. The van der Waals surface area contributed by atoms with Crippen molar-refractivity contribution in [2.45, 2.75) is 32.1 Å². The quantitative estimate of drug-likeness (QED) is 0.868. The predicted octanol–water partition coefficient (Wildman–Crippen LogP) is 3.99. The summed E-state index contributed by atoms with van der Waals surface area (Å²) < 4.78 is 0. The lowest BCUT2D eigenvalue weighted by Gasteiger charge is -2.20. The maximum absolute atomic E-state index is 3.49. The van der Waals surface area contributed by atoms with Crippen molar-refractivity contribution in [2.24, 2.45) is 0 Å². The molecular weight excluding hydrogens is 256 g/mol. The molecule has 0 saturated heterocycles. The Bertz CT molecular complexity index is 603. The van der Waals surface area contributed by atoms with E-state index in [2.05, 4.69) is 47.0 Å². The van der Waals surface area contributed by atoms with Gasteiger partial charge in [0, 0.05) is 24.5 Å². The standard InChI is InChI=1S/C19H22N2/c1-3-16-12-14(5-7-18(16)20-9-1)11-15-6-8-19-17(13-15)4-2-10-21-19/h5-8,12-13,20-21H,1-4,9-11H2. The average molecular weight is 278 g/mol. The van der Waals surface area contributed by atoms with E-state index in [9.17, 15) is 0 Å². The summed E-state index contributed by atoms with van der Waals surface area (Å²) in [6.45, 7) is 2.23. The minimum Gasteiger partial charge on any atom is -0.385 e. The molecule has 0 atom stereocenters. The van der Waals surface area contributed by atoms with E-state index in [-0.39, 0.29) is 0 Å². The van der Waals surface area contributed by atoms with Crippen LogP contribution in [0.5, 0.6) is 0 Å². The molecule has 2 aliphatic rings. The molecule has 0 bridgehead atoms. The van der Waals surface area contributed by atoms with E-state index in [1.807, 2.05) is 0 Å². The van der Waals surface area contributed by atoms with E-state index in [0.717, 1.165) is 19.5 Å². The maximum atomic E-state index is 3.49. The third kappa shape index (κ3) is 2.63. The molecule has 2 aromatic rings. The van der Waals surface area contributed by atoms with Gasteiger partial charge in [0.15, 0.2) is 0 Å². The molecule has 0 unspecified atom stereocenters. The zero-order valence-electron chi connectivity index (χ0n) is 12.4. The molecule has 2 aromatic carbocycles. The highest BCUT2D eigenvalue weighted by Gasteiger charge is 2.11. The van der Waals surface area contributed by atoms with E-state index in [4.69, 9.17) is 0 Å². The highest BCUT2D eigenvalue weighted by Crippen LogP contribution is 2.26. The second-order valence-corrected chi connectivity index (χ2v) is 6.22. The third-order valence-corrected chi connectivity index (χ3v) is 4.62. The van der Waals surface area contributed by atoms with Gasteiger partial charge in [0.05, 0.1) is 0 Å². The van der Waals surface area contributed by atoms with Crippen molar-refractivity contribution in [3.05, 3.63) is 58.7 Å². The van der Waals surface area contributed by atoms with Crippen LogP contribution in [-0.4, -0.2) is 13.1 Å². The van der Waals surface area contributed by atoms with Gasteiger partial charge in [-0.15, -0.1) is 0 Å². The van der Waals surface area contributed by atoms with Crippen molar-refractivity contribution < 1.29 is 0 Å². The molecule has 0 amide bonds. The fourth-order valence-corrected chi connectivity index (χ4v) is 3.51. The largest absolute Gasteiger partial charge is 0.385 e. The Labute approximate surface area is 126 Å². The van der Waals surface area contributed by atoms with E-state index >= 15 is 0 Å². The van der Waals surface area contributed by atoms with Crippen molar-refractivity contribution in [1.82, 2.24) is 0 Å². The minimum absolute atomic E-state index is 1.04. The summed E-state index contributed by atoms with van der Waals surface area (Å²) >= 11 is 0. The summed E-state index contributed by atoms with van der Waals surface area (Å²) in [5.41, 5.74) is 8.50. The van der Waals surface area contributed by atoms with Gasteiger partial charge in [0.2, 0.25) is 0 Å². The number of fused-ring (bicyclic) bond motifs is 2. The van der Waals surface area contributed by atoms with E-state index in [1.54, 1.807) is 0 Å². The minimum atomic E-state index is 1.04. The fourth-order valence-electron chi connectivity index (χ4n) is 3.51. The van der Waals surface area contributed by atoms with E-state index in [1.165, 1.54) is 59.3 Å². The van der Waals surface area contributed by atoms with Gasteiger partial charge >= 0.3 is 0 Å². The Morgan fingerprint density at radius 3 is 1.76 bits per heavy atom. The van der Waals surface area contributed by atoms with Crippen molar-refractivity contribution in [1.29, 1.82) is 0 Å². The fraction of sp³-hybridized carbons (Fsp3) is 0.368. The molecular formula is C19H22N2. The Balaban J connectivity index is 1.58. The molecule has 0 saturated carbocycles. The van der Waals surface area contributed by atoms with Gasteiger partial charge < -0.3 is 10.6 Å². The highest BCUT2D eigenvalue weighted by atomic mass is 14.9. The smallest absolute Gasteiger partial charge is 0.0372 e. The number of hydrogen-bond acceptors (Lipinski definition) is 2. The number of rotatable bonds is 2. The zero-order valence-corrected chi connectivity index (χ0v) is 12.4. The first kappa shape index (κ1) is 12.8. The molecule has 0 aliphatic carbocycles. The molecule has 4 rings (SSSR count). The predicted molar refractivity (Wildman–Crippen MR) is 89.3 cm³/mol. The summed E-state index contributed by atoms with van der Waals surface area (Å²) in [5.74, 6) is 0. The van der Waals surface area contributed by atoms with Crippen molar-refractivity contribution in [3.63, 3.8) is 0 Å². The molecule has 2 nitrogen and oxygen atoms in total. The molecule has 0 radical (unpaired) electrons. The number of hydrogen-bond donors (Lipinski definition) is 2. The zero-order chi connectivity index (χ0) is 14.1. The molecule has 2 heteroatoms. The summed E-state index contributed by atoms with van der Waals surface area (Å²) in [6, 6.07) is 13.8. The SMILES string of the molecule is c1cc2c(cc1Cc1ccc3c(c1)CCCN3)CCCN2. The number of anilines is 2. The molecule has 21 heavy (non-hydrogen) atoms. The van der Waals surface area contributed by atoms with Crippen molar-refractivity contribution in [3.8, 4) is 0 Å². The van der Waals surface area contributed by atoms with Gasteiger partial charge in [-0.2, -0.15) is 0 Å². The number of benzene rings is 2. The maximum Gasteiger partial charge on any atom is 0.0372 e. The first-order chi connectivity index (χ1) is 10.4. The van der Waals surface area contributed by atoms with Gasteiger partial charge in [-0.3, -0.25) is 0 Å². The number of aryl methyl sites for hydroxylation is 2. The van der Waals surface area contributed by atoms with Gasteiger partial charge in [-0.05, 0) is 66.5 Å². The monoisotopic (exact) mass is 278 g/mol. The highest BCUT2D eigenvalue weighted by molar-refractivity contribution is 5.56. The molecule has 0 spiro atoms. The van der Waals surface area contributed by atoms with Crippen LogP contribution in [0.3, 0.4) is 0 Å². The van der Waals surface area contributed by atoms with Crippen LogP contribution in [0.4, 0.5) is 11.4 Å². The Kier molecular flexibility index (Phi) is 3.30. The molecule has 2 heterocycles. The Hall–Kier alpha value is -1.96. The number of nitrogens with one attached hydrogen (secondary N) is 2. The summed E-state index contributed by atoms with van der Waals surface area (Å²) in [7, 11) is 0. The molecule has 0 fully saturated rings. The van der Waals surface area contributed by atoms with Gasteiger partial charge in [-0.1, -0.05) is 24.3 Å². The van der Waals surface area contributed by atoms with Gasteiger partial charge in [0.1, 0.15) is 0 Å². The van der Waals surface area contributed by atoms with Crippen LogP contribution in [0.15, 0.2) is 36.4 Å². The Morgan fingerprint density at radius 1 is 0.714 bits per heavy atom. The second kappa shape index (κ2) is 5.44. The molecule has 2 N–H and O–H groups in total. The van der Waals surface area contributed by atoms with Crippen LogP contribution < -0.4 is 10.6 Å². The average Bonchev–Trinajstić information content (AvgIpc) is 2.55. The first-order valence-electron chi connectivity index (χ1n) is 8.10. The van der Waals surface area contributed by atoms with Gasteiger partial charge in [-0.25, -0.2) is 0 Å². The lowest BCUT2D eigenvalue weighted by atomic mass is 9.95. The van der Waals surface area contributed by atoms with E-state index in [0.29, 0.717) is 0 Å². The van der Waals surface area contributed by atoms with Crippen LogP contribution in [0, 0.1) is 0 Å². The van der Waals surface area contributed by atoms with E-state index < -0.39 is 0 Å². The van der Waals surface area contributed by atoms with Crippen LogP contribution in [0.25, 0.3) is 0 Å². The van der Waals surface area contributed by atoms with Crippen molar-refractivity contribution in [2.75, 3.05) is 23.7 Å². The Morgan fingerprint density at radius 2 is 1.24 bits per heavy atom. The third-order valence-electron chi connectivity index (χ3n) is 4.62. The van der Waals surface area contributed by atoms with Crippen LogP contribution in [0.2, 0.25) is 0 Å². The van der Waals surface area contributed by atoms with Gasteiger partial charge in [0.25, 0.3) is 0 Å². The molecule has 108 valence electrons. The second-order valence-electron chi connectivity index (χ2n) is 6.22. The van der Waals surface area contributed by atoms with Crippen LogP contribution in [-0.2, 0) is 19.3 Å².